The van der Waals surface area contributed by atoms with E-state index in [0.717, 1.165) is 32.3 Å². The topological polar surface area (TPSA) is 28.2 Å². The lowest BCUT2D eigenvalue weighted by molar-refractivity contribution is 1.32. The van der Waals surface area contributed by atoms with E-state index in [1.807, 2.05) is 48.5 Å². The Labute approximate surface area is 120 Å². The van der Waals surface area contributed by atoms with Gasteiger partial charge in [0.15, 0.2) is 0 Å². The molecule has 0 saturated heterocycles. The first-order chi connectivity index (χ1) is 9.78. The van der Waals surface area contributed by atoms with Crippen LogP contribution in [0.25, 0.3) is 27.3 Å². The van der Waals surface area contributed by atoms with Crippen molar-refractivity contribution in [3.63, 3.8) is 0 Å². The molecule has 0 unspecified atom stereocenters. The normalized spacial score (nSPS) is 11.2. The summed E-state index contributed by atoms with van der Waals surface area (Å²) >= 11 is 6.06. The fraction of sp³-hybridized carbons (Fsp3) is 0. The van der Waals surface area contributed by atoms with Gasteiger partial charge in [0.05, 0.1) is 22.7 Å². The molecule has 0 atom stereocenters. The lowest BCUT2D eigenvalue weighted by Gasteiger charge is -2.06. The highest BCUT2D eigenvalue weighted by atomic mass is 35.5. The Morgan fingerprint density at radius 1 is 0.950 bits per heavy atom. The molecule has 0 amide bonds. The first-order valence-corrected chi connectivity index (χ1v) is 6.68. The number of nitriles is 1. The van der Waals surface area contributed by atoms with Crippen molar-refractivity contribution in [2.45, 2.75) is 0 Å². The monoisotopic (exact) mass is 276 g/mol. The molecule has 0 aliphatic rings. The highest BCUT2D eigenvalue weighted by Gasteiger charge is 2.09. The molecule has 0 spiro atoms. The van der Waals surface area contributed by atoms with Gasteiger partial charge in [-0.15, -0.1) is 0 Å². The third-order valence-corrected chi connectivity index (χ3v) is 3.87. The molecule has 0 aliphatic heterocycles. The van der Waals surface area contributed by atoms with Gasteiger partial charge in [0.1, 0.15) is 0 Å². The third-order valence-electron chi connectivity index (χ3n) is 3.64. The zero-order valence-electron chi connectivity index (χ0n) is 10.5. The highest BCUT2D eigenvalue weighted by Crippen LogP contribution is 2.29. The van der Waals surface area contributed by atoms with E-state index in [1.54, 1.807) is 0 Å². The number of benzene rings is 2. The average Bonchev–Trinajstić information content (AvgIpc) is 2.83. The van der Waals surface area contributed by atoms with Crippen LogP contribution in [0.4, 0.5) is 0 Å². The second kappa shape index (κ2) is 4.00. The predicted octanol–water partition coefficient (Wildman–Crippen LogP) is 4.77. The molecule has 20 heavy (non-hydrogen) atoms. The van der Waals surface area contributed by atoms with Gasteiger partial charge in [-0.05, 0) is 36.4 Å². The minimum atomic E-state index is 0.696. The van der Waals surface area contributed by atoms with Crippen molar-refractivity contribution in [3.05, 3.63) is 65.2 Å². The van der Waals surface area contributed by atoms with Crippen molar-refractivity contribution >= 4 is 38.9 Å². The summed E-state index contributed by atoms with van der Waals surface area (Å²) in [5, 5.41) is 12.1. The Morgan fingerprint density at radius 2 is 1.80 bits per heavy atom. The van der Waals surface area contributed by atoms with Crippen molar-refractivity contribution in [1.29, 1.82) is 5.26 Å². The molecule has 3 heteroatoms. The van der Waals surface area contributed by atoms with Crippen molar-refractivity contribution in [2.24, 2.45) is 0 Å². The van der Waals surface area contributed by atoms with Crippen LogP contribution >= 0.6 is 11.6 Å². The number of para-hydroxylation sites is 1. The zero-order valence-corrected chi connectivity index (χ0v) is 11.2. The van der Waals surface area contributed by atoms with Gasteiger partial charge >= 0.3 is 0 Å². The van der Waals surface area contributed by atoms with Crippen molar-refractivity contribution in [2.75, 3.05) is 0 Å². The summed E-state index contributed by atoms with van der Waals surface area (Å²) in [4.78, 5) is 0. The third kappa shape index (κ3) is 1.44. The molecule has 4 rings (SSSR count). The van der Waals surface area contributed by atoms with E-state index >= 15 is 0 Å². The van der Waals surface area contributed by atoms with Gasteiger partial charge in [-0.1, -0.05) is 29.8 Å². The number of aromatic nitrogens is 1. The largest absolute Gasteiger partial charge is 0.309 e. The zero-order chi connectivity index (χ0) is 13.7. The molecular weight excluding hydrogens is 268 g/mol. The SMILES string of the molecule is N#Cc1cc2cc3cc(Cl)ccc3n2c2ccccc12. The number of pyridine rings is 1. The summed E-state index contributed by atoms with van der Waals surface area (Å²) in [6.07, 6.45) is 0. The molecule has 2 heterocycles. The van der Waals surface area contributed by atoms with Crippen LogP contribution in [-0.2, 0) is 0 Å². The molecule has 0 N–H and O–H groups in total. The molecular formula is C17H9ClN2. The maximum atomic E-state index is 9.33. The van der Waals surface area contributed by atoms with Gasteiger partial charge in [-0.3, -0.25) is 0 Å². The fourth-order valence-corrected chi connectivity index (χ4v) is 2.98. The number of fused-ring (bicyclic) bond motifs is 5. The first-order valence-electron chi connectivity index (χ1n) is 6.30. The van der Waals surface area contributed by atoms with Gasteiger partial charge in [0.2, 0.25) is 0 Å². The Kier molecular flexibility index (Phi) is 2.26. The standard InChI is InChI=1S/C17H9ClN2/c18-13-5-6-16-11(7-13)8-14-9-12(10-19)15-3-1-2-4-17(15)20(14)16/h1-9H. The van der Waals surface area contributed by atoms with E-state index in [4.69, 9.17) is 11.6 Å². The molecule has 0 radical (unpaired) electrons. The van der Waals surface area contributed by atoms with Crippen LogP contribution in [0.3, 0.4) is 0 Å². The molecule has 94 valence electrons. The van der Waals surface area contributed by atoms with Gasteiger partial charge in [-0.2, -0.15) is 5.26 Å². The van der Waals surface area contributed by atoms with Crippen LogP contribution in [0.15, 0.2) is 54.6 Å². The van der Waals surface area contributed by atoms with E-state index in [0.29, 0.717) is 5.56 Å². The van der Waals surface area contributed by atoms with Crippen LogP contribution in [0.1, 0.15) is 5.56 Å². The predicted molar refractivity (Wildman–Crippen MR) is 82.1 cm³/mol. The summed E-state index contributed by atoms with van der Waals surface area (Å²) in [6.45, 7) is 0. The van der Waals surface area contributed by atoms with E-state index in [2.05, 4.69) is 16.5 Å². The van der Waals surface area contributed by atoms with E-state index in [-0.39, 0.29) is 0 Å². The van der Waals surface area contributed by atoms with Gasteiger partial charge in [-0.25, -0.2) is 0 Å². The van der Waals surface area contributed by atoms with E-state index in [1.165, 1.54) is 0 Å². The number of nitrogens with zero attached hydrogens (tertiary/aromatic N) is 2. The number of rotatable bonds is 0. The summed E-state index contributed by atoms with van der Waals surface area (Å²) in [5.74, 6) is 0. The Morgan fingerprint density at radius 3 is 2.65 bits per heavy atom. The van der Waals surface area contributed by atoms with Crippen LogP contribution in [0, 0.1) is 11.3 Å². The maximum Gasteiger partial charge on any atom is 0.0999 e. The van der Waals surface area contributed by atoms with Crippen molar-refractivity contribution < 1.29 is 0 Å². The number of hydrogen-bond donors (Lipinski definition) is 0. The molecule has 2 aromatic carbocycles. The minimum absolute atomic E-state index is 0.696. The fourth-order valence-electron chi connectivity index (χ4n) is 2.80. The molecule has 2 aromatic heterocycles. The maximum absolute atomic E-state index is 9.33. The van der Waals surface area contributed by atoms with E-state index in [9.17, 15) is 5.26 Å². The van der Waals surface area contributed by atoms with Crippen LogP contribution < -0.4 is 0 Å². The molecule has 0 aliphatic carbocycles. The Bertz CT molecular complexity index is 1020. The summed E-state index contributed by atoms with van der Waals surface area (Å²) in [6, 6.07) is 20.1. The van der Waals surface area contributed by atoms with Gasteiger partial charge in [0, 0.05) is 21.3 Å². The summed E-state index contributed by atoms with van der Waals surface area (Å²) in [7, 11) is 0. The second-order valence-corrected chi connectivity index (χ2v) is 5.23. The van der Waals surface area contributed by atoms with Gasteiger partial charge in [0.25, 0.3) is 0 Å². The lowest BCUT2D eigenvalue weighted by atomic mass is 10.1. The molecule has 2 nitrogen and oxygen atoms in total. The van der Waals surface area contributed by atoms with Crippen molar-refractivity contribution in [3.8, 4) is 6.07 Å². The molecule has 0 fully saturated rings. The lowest BCUT2D eigenvalue weighted by Crippen LogP contribution is -1.90. The van der Waals surface area contributed by atoms with E-state index < -0.39 is 0 Å². The van der Waals surface area contributed by atoms with Gasteiger partial charge < -0.3 is 4.40 Å². The Balaban J connectivity index is 2.34. The summed E-state index contributed by atoms with van der Waals surface area (Å²) in [5.41, 5.74) is 3.85. The summed E-state index contributed by atoms with van der Waals surface area (Å²) < 4.78 is 2.17. The molecule has 0 bridgehead atoms. The quantitative estimate of drug-likeness (QED) is 0.455. The minimum Gasteiger partial charge on any atom is -0.309 e. The van der Waals surface area contributed by atoms with Crippen LogP contribution in [0.2, 0.25) is 5.02 Å². The van der Waals surface area contributed by atoms with Crippen LogP contribution in [-0.4, -0.2) is 4.40 Å². The van der Waals surface area contributed by atoms with Crippen molar-refractivity contribution in [1.82, 2.24) is 4.40 Å². The first kappa shape index (κ1) is 11.3. The van der Waals surface area contributed by atoms with Crippen LogP contribution in [0.5, 0.6) is 0 Å². The smallest absolute Gasteiger partial charge is 0.0999 e. The number of hydrogen-bond acceptors (Lipinski definition) is 1. The molecule has 4 aromatic rings. The number of halogens is 1. The Hall–Kier alpha value is -2.50. The molecule has 0 saturated carbocycles. The second-order valence-electron chi connectivity index (χ2n) is 4.79. The average molecular weight is 277 g/mol. The highest BCUT2D eigenvalue weighted by molar-refractivity contribution is 6.31.